The maximum atomic E-state index is 14.4. The normalized spacial score (nSPS) is 12.8. The molecular weight excluding hydrogens is 636 g/mol. The van der Waals surface area contributed by atoms with Crippen molar-refractivity contribution >= 4 is 11.1 Å². The minimum Gasteiger partial charge on any atom is -0.207 e. The fraction of sp³-hybridized carbons (Fsp3) is 0.0476. The molecule has 236 valence electrons. The summed E-state index contributed by atoms with van der Waals surface area (Å²) in [5, 5.41) is 21.5. The van der Waals surface area contributed by atoms with Crippen LogP contribution in [0.15, 0.2) is 120 Å². The first-order chi connectivity index (χ1) is 24.3. The average Bonchev–Trinajstić information content (AvgIpc) is 3.70. The van der Waals surface area contributed by atoms with Crippen LogP contribution in [0.1, 0.15) is 22.3 Å². The molecule has 0 aromatic heterocycles. The highest BCUT2D eigenvalue weighted by atomic mass is 19.1. The van der Waals surface area contributed by atoms with Crippen LogP contribution >= 0.6 is 0 Å². The minimum atomic E-state index is -0.488. The SMILES string of the molecule is [C-]#[N+]C([N+]#[C-])=C1Cc2c(-c3ccc(F)cc3)c3c(c(-c4ccc(F)cc4)c2=C1c1ccc(F)cc1)CC(=C(C#N)C#N)C=3c1ccc(F)cc1. The summed E-state index contributed by atoms with van der Waals surface area (Å²) in [6, 6.07) is 27.0. The molecule has 0 fully saturated rings. The molecule has 2 aliphatic rings. The summed E-state index contributed by atoms with van der Waals surface area (Å²) in [4.78, 5) is 7.12. The van der Waals surface area contributed by atoms with Gasteiger partial charge in [-0.2, -0.15) is 20.2 Å². The van der Waals surface area contributed by atoms with Crippen LogP contribution in [0.2, 0.25) is 0 Å². The zero-order chi connectivity index (χ0) is 35.1. The first-order valence-corrected chi connectivity index (χ1v) is 15.3. The Morgan fingerprint density at radius 3 is 1.16 bits per heavy atom. The smallest absolute Gasteiger partial charge is 0.207 e. The van der Waals surface area contributed by atoms with Crippen molar-refractivity contribution in [3.63, 3.8) is 0 Å². The fourth-order valence-electron chi connectivity index (χ4n) is 7.06. The van der Waals surface area contributed by atoms with Crippen molar-refractivity contribution in [1.29, 1.82) is 10.5 Å². The molecule has 5 aromatic rings. The zero-order valence-electron chi connectivity index (χ0n) is 26.0. The van der Waals surface area contributed by atoms with E-state index in [1.807, 2.05) is 12.1 Å². The Morgan fingerprint density at radius 1 is 0.500 bits per heavy atom. The number of allylic oxidation sites excluding steroid dienone is 3. The molecule has 50 heavy (non-hydrogen) atoms. The second-order valence-corrected chi connectivity index (χ2v) is 11.7. The van der Waals surface area contributed by atoms with Gasteiger partial charge in [-0.15, -0.1) is 0 Å². The lowest BCUT2D eigenvalue weighted by molar-refractivity contribution is 0.627. The second-order valence-electron chi connectivity index (χ2n) is 11.7. The quantitative estimate of drug-likeness (QED) is 0.111. The number of benzene rings is 5. The number of nitrogens with zero attached hydrogens (tertiary/aromatic N) is 4. The molecule has 2 aliphatic carbocycles. The standard InChI is InChI=1S/C42H20F4N4/c1-49-42(50-2)35-20-34-38(25-7-15-30(45)16-8-25)40-33(19-32(27(21-47)22-48)36(40)23-3-11-28(43)12-4-23)37(24-5-13-29(44)14-6-24)41(34)39(35)26-9-17-31(46)18-10-26/h3-18H,19-20H2. The highest BCUT2D eigenvalue weighted by molar-refractivity contribution is 5.97. The van der Waals surface area contributed by atoms with E-state index in [0.717, 1.165) is 0 Å². The molecule has 0 N–H and O–H groups in total. The summed E-state index contributed by atoms with van der Waals surface area (Å²) < 4.78 is 57.4. The maximum Gasteiger partial charge on any atom is 0.523 e. The molecule has 8 heteroatoms. The van der Waals surface area contributed by atoms with E-state index in [2.05, 4.69) is 9.69 Å². The third kappa shape index (κ3) is 5.14. The summed E-state index contributed by atoms with van der Waals surface area (Å²) in [6.07, 6.45) is 0.149. The van der Waals surface area contributed by atoms with E-state index in [1.54, 1.807) is 48.5 Å². The molecule has 0 heterocycles. The molecule has 0 unspecified atom stereocenters. The fourth-order valence-corrected chi connectivity index (χ4v) is 7.06. The van der Waals surface area contributed by atoms with Gasteiger partial charge >= 0.3 is 5.82 Å². The van der Waals surface area contributed by atoms with Crippen molar-refractivity contribution in [2.24, 2.45) is 0 Å². The largest absolute Gasteiger partial charge is 0.523 e. The molecule has 0 saturated heterocycles. The van der Waals surface area contributed by atoms with Crippen LogP contribution in [-0.2, 0) is 12.8 Å². The second kappa shape index (κ2) is 12.6. The van der Waals surface area contributed by atoms with Crippen LogP contribution < -0.4 is 10.4 Å². The van der Waals surface area contributed by atoms with E-state index in [0.29, 0.717) is 77.2 Å². The first kappa shape index (κ1) is 31.6. The zero-order valence-corrected chi connectivity index (χ0v) is 26.0. The monoisotopic (exact) mass is 656 g/mol. The number of rotatable bonds is 4. The van der Waals surface area contributed by atoms with Crippen molar-refractivity contribution in [3.05, 3.63) is 198 Å². The minimum absolute atomic E-state index is 0.0704. The highest BCUT2D eigenvalue weighted by Crippen LogP contribution is 2.42. The van der Waals surface area contributed by atoms with Gasteiger partial charge in [0.2, 0.25) is 0 Å². The average molecular weight is 657 g/mol. The predicted molar refractivity (Wildman–Crippen MR) is 180 cm³/mol. The van der Waals surface area contributed by atoms with E-state index < -0.39 is 23.3 Å². The molecule has 0 amide bonds. The Balaban J connectivity index is 1.84. The topological polar surface area (TPSA) is 56.3 Å². The Morgan fingerprint density at radius 2 is 0.820 bits per heavy atom. The molecule has 7 rings (SSSR count). The van der Waals surface area contributed by atoms with Crippen LogP contribution in [0.4, 0.5) is 17.6 Å². The molecule has 4 nitrogen and oxygen atoms in total. The Bertz CT molecular complexity index is 2400. The van der Waals surface area contributed by atoms with Crippen molar-refractivity contribution in [3.8, 4) is 34.4 Å². The lowest BCUT2D eigenvalue weighted by atomic mass is 9.86. The van der Waals surface area contributed by atoms with E-state index in [-0.39, 0.29) is 24.2 Å². The van der Waals surface area contributed by atoms with Crippen molar-refractivity contribution in [2.45, 2.75) is 12.8 Å². The summed E-state index contributed by atoms with van der Waals surface area (Å²) in [5.74, 6) is -2.12. The maximum absolute atomic E-state index is 14.4. The molecule has 0 radical (unpaired) electrons. The van der Waals surface area contributed by atoms with Gasteiger partial charge in [-0.25, -0.2) is 17.6 Å². The third-order valence-corrected chi connectivity index (χ3v) is 9.06. The predicted octanol–water partition coefficient (Wildman–Crippen LogP) is 8.48. The highest BCUT2D eigenvalue weighted by Gasteiger charge is 2.36. The lowest BCUT2D eigenvalue weighted by Gasteiger charge is -2.17. The van der Waals surface area contributed by atoms with Gasteiger partial charge in [-0.05, 0) is 127 Å². The van der Waals surface area contributed by atoms with Crippen LogP contribution in [0.5, 0.6) is 0 Å². The van der Waals surface area contributed by atoms with E-state index in [4.69, 9.17) is 13.1 Å². The molecule has 0 spiro atoms. The molecular formula is C42H20F4N4. The van der Waals surface area contributed by atoms with Crippen LogP contribution in [0.3, 0.4) is 0 Å². The Hall–Kier alpha value is -7.00. The lowest BCUT2D eigenvalue weighted by Crippen LogP contribution is -2.25. The number of halogens is 4. The molecule has 0 bridgehead atoms. The van der Waals surface area contributed by atoms with Gasteiger partial charge in [-0.1, -0.05) is 48.5 Å². The van der Waals surface area contributed by atoms with E-state index in [1.165, 1.54) is 48.5 Å². The van der Waals surface area contributed by atoms with Gasteiger partial charge < -0.3 is 0 Å². The van der Waals surface area contributed by atoms with Gasteiger partial charge in [0.25, 0.3) is 0 Å². The first-order valence-electron chi connectivity index (χ1n) is 15.3. The summed E-state index contributed by atoms with van der Waals surface area (Å²) in [5.41, 5.74) is 6.39. The summed E-state index contributed by atoms with van der Waals surface area (Å²) in [6.45, 7) is 15.8. The molecule has 0 saturated carbocycles. The van der Waals surface area contributed by atoms with Gasteiger partial charge in [0.05, 0.1) is 5.57 Å². The molecule has 0 aliphatic heterocycles. The van der Waals surface area contributed by atoms with Crippen LogP contribution in [-0.4, -0.2) is 0 Å². The Kier molecular flexibility index (Phi) is 7.93. The van der Waals surface area contributed by atoms with Gasteiger partial charge in [-0.3, -0.25) is 0 Å². The number of hydrogen-bond acceptors (Lipinski definition) is 2. The van der Waals surface area contributed by atoms with Gasteiger partial charge in [0, 0.05) is 6.42 Å². The van der Waals surface area contributed by atoms with E-state index >= 15 is 0 Å². The number of nitriles is 2. The number of hydrogen-bond donors (Lipinski definition) is 0. The molecule has 5 aromatic carbocycles. The summed E-state index contributed by atoms with van der Waals surface area (Å²) in [7, 11) is 0. The third-order valence-electron chi connectivity index (χ3n) is 9.06. The van der Waals surface area contributed by atoms with E-state index in [9.17, 15) is 28.1 Å². The van der Waals surface area contributed by atoms with Crippen LogP contribution in [0, 0.1) is 59.1 Å². The van der Waals surface area contributed by atoms with Crippen molar-refractivity contribution in [1.82, 2.24) is 0 Å². The van der Waals surface area contributed by atoms with Crippen molar-refractivity contribution in [2.75, 3.05) is 0 Å². The van der Waals surface area contributed by atoms with Crippen molar-refractivity contribution < 1.29 is 17.6 Å². The van der Waals surface area contributed by atoms with Gasteiger partial charge in [0.1, 0.15) is 54.1 Å². The molecule has 0 atom stereocenters. The number of fused-ring (bicyclic) bond motifs is 2. The Labute approximate surface area is 284 Å². The summed E-state index contributed by atoms with van der Waals surface area (Å²) >= 11 is 0. The van der Waals surface area contributed by atoms with Crippen LogP contribution in [0.25, 0.3) is 43.1 Å². The van der Waals surface area contributed by atoms with Gasteiger partial charge in [0.15, 0.2) is 0 Å².